The van der Waals surface area contributed by atoms with E-state index in [2.05, 4.69) is 12.1 Å². The zero-order chi connectivity index (χ0) is 33.0. The molecular formula is C40H19F3N4. The second-order valence-corrected chi connectivity index (χ2v) is 11.3. The molecule has 0 radical (unpaired) electrons. The molecule has 0 fully saturated rings. The van der Waals surface area contributed by atoms with Crippen LogP contribution in [0.1, 0.15) is 33.4 Å². The van der Waals surface area contributed by atoms with Gasteiger partial charge in [-0.25, -0.2) is 0 Å². The number of nitrogens with zero attached hydrogens (tertiary/aromatic N) is 4. The van der Waals surface area contributed by atoms with Gasteiger partial charge in [-0.2, -0.15) is 34.2 Å². The molecule has 7 rings (SSSR count). The van der Waals surface area contributed by atoms with Gasteiger partial charge in [-0.3, -0.25) is 0 Å². The van der Waals surface area contributed by atoms with Gasteiger partial charge in [-0.15, -0.1) is 0 Å². The fourth-order valence-corrected chi connectivity index (χ4v) is 6.58. The van der Waals surface area contributed by atoms with Crippen molar-refractivity contribution in [3.63, 3.8) is 0 Å². The van der Waals surface area contributed by atoms with Gasteiger partial charge in [-0.1, -0.05) is 78.4 Å². The number of fused-ring (bicyclic) bond motifs is 7. The summed E-state index contributed by atoms with van der Waals surface area (Å²) in [5.41, 5.74) is 9.94. The van der Waals surface area contributed by atoms with E-state index in [0.29, 0.717) is 39.0 Å². The average molecular weight is 613 g/mol. The lowest BCUT2D eigenvalue weighted by molar-refractivity contribution is -0.137. The van der Waals surface area contributed by atoms with E-state index >= 15 is 0 Å². The van der Waals surface area contributed by atoms with Gasteiger partial charge in [0.1, 0.15) is 35.4 Å². The van der Waals surface area contributed by atoms with E-state index in [1.165, 1.54) is 12.1 Å². The SMILES string of the molecule is Cc1ccc(-c2ccc3c(c2)C(=C(C#N)C#N)c2ccc4c(c2-3)-c2ccc(-c3ccc(C(F)(F)F)cc3)cc2C4=C(C#N)C#N)cc1. The van der Waals surface area contributed by atoms with Crippen molar-refractivity contribution in [3.8, 4) is 68.8 Å². The molecule has 0 aliphatic heterocycles. The van der Waals surface area contributed by atoms with Crippen molar-refractivity contribution in [1.82, 2.24) is 0 Å². The molecule has 0 heterocycles. The normalized spacial score (nSPS) is 12.1. The van der Waals surface area contributed by atoms with Crippen molar-refractivity contribution in [3.05, 3.63) is 142 Å². The van der Waals surface area contributed by atoms with Gasteiger partial charge < -0.3 is 0 Å². The molecule has 0 unspecified atom stereocenters. The van der Waals surface area contributed by atoms with E-state index in [1.54, 1.807) is 18.2 Å². The number of alkyl halides is 3. The summed E-state index contributed by atoms with van der Waals surface area (Å²) in [5, 5.41) is 40.0. The molecule has 0 aromatic heterocycles. The first-order valence-electron chi connectivity index (χ1n) is 14.5. The second kappa shape index (κ2) is 10.7. The summed E-state index contributed by atoms with van der Waals surface area (Å²) < 4.78 is 39.7. The first-order chi connectivity index (χ1) is 22.7. The Bertz CT molecular complexity index is 2390. The summed E-state index contributed by atoms with van der Waals surface area (Å²) in [4.78, 5) is 0. The molecule has 5 aromatic carbocycles. The Balaban J connectivity index is 1.49. The molecule has 4 nitrogen and oxygen atoms in total. The molecule has 2 aliphatic rings. The minimum Gasteiger partial charge on any atom is -0.192 e. The molecule has 2 aliphatic carbocycles. The number of halogens is 3. The lowest BCUT2D eigenvalue weighted by Gasteiger charge is -2.11. The minimum absolute atomic E-state index is 0.0348. The Labute approximate surface area is 268 Å². The molecule has 0 amide bonds. The van der Waals surface area contributed by atoms with Crippen LogP contribution in [0.4, 0.5) is 13.2 Å². The Hall–Kier alpha value is -6.67. The molecule has 0 spiro atoms. The average Bonchev–Trinajstić information content (AvgIpc) is 3.58. The van der Waals surface area contributed by atoms with Crippen LogP contribution >= 0.6 is 0 Å². The van der Waals surface area contributed by atoms with Crippen molar-refractivity contribution in [1.29, 1.82) is 21.0 Å². The van der Waals surface area contributed by atoms with Crippen LogP contribution in [-0.4, -0.2) is 0 Å². The summed E-state index contributed by atoms with van der Waals surface area (Å²) in [7, 11) is 0. The van der Waals surface area contributed by atoms with Gasteiger partial charge in [0.05, 0.1) is 5.56 Å². The third-order valence-electron chi connectivity index (χ3n) is 8.74. The fourth-order valence-electron chi connectivity index (χ4n) is 6.58. The van der Waals surface area contributed by atoms with Crippen LogP contribution in [0.15, 0.2) is 108 Å². The number of hydrogen-bond donors (Lipinski definition) is 0. The van der Waals surface area contributed by atoms with Crippen molar-refractivity contribution >= 4 is 11.1 Å². The van der Waals surface area contributed by atoms with Crippen LogP contribution in [0.2, 0.25) is 0 Å². The van der Waals surface area contributed by atoms with Gasteiger partial charge >= 0.3 is 6.18 Å². The summed E-state index contributed by atoms with van der Waals surface area (Å²) in [6.45, 7) is 2.01. The summed E-state index contributed by atoms with van der Waals surface area (Å²) >= 11 is 0. The Morgan fingerprint density at radius 3 is 1.21 bits per heavy atom. The molecule has 0 bridgehead atoms. The van der Waals surface area contributed by atoms with E-state index in [9.17, 15) is 34.2 Å². The van der Waals surface area contributed by atoms with Crippen LogP contribution in [0.5, 0.6) is 0 Å². The summed E-state index contributed by atoms with van der Waals surface area (Å²) in [6.07, 6.45) is -4.47. The number of aryl methyl sites for hydroxylation is 1. The zero-order valence-corrected chi connectivity index (χ0v) is 24.7. The number of nitriles is 4. The van der Waals surface area contributed by atoms with Crippen LogP contribution in [0.25, 0.3) is 55.7 Å². The van der Waals surface area contributed by atoms with Crippen molar-refractivity contribution < 1.29 is 13.2 Å². The minimum atomic E-state index is -4.47. The largest absolute Gasteiger partial charge is 0.416 e. The van der Waals surface area contributed by atoms with Gasteiger partial charge in [0, 0.05) is 11.1 Å². The maximum Gasteiger partial charge on any atom is 0.416 e. The van der Waals surface area contributed by atoms with Gasteiger partial charge in [0.15, 0.2) is 0 Å². The topological polar surface area (TPSA) is 95.2 Å². The van der Waals surface area contributed by atoms with E-state index in [-0.39, 0.29) is 11.1 Å². The molecule has 0 atom stereocenters. The van der Waals surface area contributed by atoms with E-state index in [0.717, 1.165) is 56.6 Å². The monoisotopic (exact) mass is 612 g/mol. The number of allylic oxidation sites excluding steroid dienone is 2. The highest BCUT2D eigenvalue weighted by atomic mass is 19.4. The van der Waals surface area contributed by atoms with Crippen molar-refractivity contribution in [2.45, 2.75) is 13.1 Å². The Kier molecular flexibility index (Phi) is 6.64. The van der Waals surface area contributed by atoms with Crippen LogP contribution in [0, 0.1) is 52.2 Å². The van der Waals surface area contributed by atoms with E-state index < -0.39 is 11.7 Å². The van der Waals surface area contributed by atoms with Crippen LogP contribution in [-0.2, 0) is 6.18 Å². The smallest absolute Gasteiger partial charge is 0.192 e. The highest BCUT2D eigenvalue weighted by Gasteiger charge is 2.36. The fraction of sp³-hybridized carbons (Fsp3) is 0.0500. The lowest BCUT2D eigenvalue weighted by Crippen LogP contribution is -2.03. The third kappa shape index (κ3) is 4.50. The summed E-state index contributed by atoms with van der Waals surface area (Å²) in [5.74, 6) is 0. The lowest BCUT2D eigenvalue weighted by atomic mass is 9.91. The van der Waals surface area contributed by atoms with Gasteiger partial charge in [0.2, 0.25) is 0 Å². The molecule has 0 saturated carbocycles. The van der Waals surface area contributed by atoms with Crippen molar-refractivity contribution in [2.75, 3.05) is 0 Å². The predicted octanol–water partition coefficient (Wildman–Crippen LogP) is 10.0. The molecule has 7 heteroatoms. The standard InChI is InChI=1S/C40H19F3N4/c1-22-2-4-23(5-3-22)25-8-12-30-34(16-25)36(27(18-44)19-45)32-14-15-33-37(28(20-46)21-47)35-17-26(9-13-31(35)39(33)38(30)32)24-6-10-29(11-7-24)40(41,42)43/h2-17H,1H3. The maximum absolute atomic E-state index is 13.2. The molecule has 47 heavy (non-hydrogen) atoms. The quantitative estimate of drug-likeness (QED) is 0.182. The first kappa shape index (κ1) is 29.1. The second-order valence-electron chi connectivity index (χ2n) is 11.3. The maximum atomic E-state index is 13.2. The third-order valence-corrected chi connectivity index (χ3v) is 8.74. The van der Waals surface area contributed by atoms with Gasteiger partial charge in [0.25, 0.3) is 0 Å². The molecule has 0 saturated heterocycles. The highest BCUT2D eigenvalue weighted by Crippen LogP contribution is 2.57. The van der Waals surface area contributed by atoms with Crippen LogP contribution < -0.4 is 0 Å². The van der Waals surface area contributed by atoms with Crippen molar-refractivity contribution in [2.24, 2.45) is 0 Å². The Morgan fingerprint density at radius 1 is 0.468 bits per heavy atom. The summed E-state index contributed by atoms with van der Waals surface area (Å²) in [6, 6.07) is 36.1. The number of benzene rings is 5. The number of hydrogen-bond acceptors (Lipinski definition) is 4. The van der Waals surface area contributed by atoms with E-state index in [1.807, 2.05) is 73.7 Å². The molecule has 0 N–H and O–H groups in total. The van der Waals surface area contributed by atoms with E-state index in [4.69, 9.17) is 0 Å². The van der Waals surface area contributed by atoms with Crippen LogP contribution in [0.3, 0.4) is 0 Å². The first-order valence-corrected chi connectivity index (χ1v) is 14.5. The highest BCUT2D eigenvalue weighted by molar-refractivity contribution is 6.16. The van der Waals surface area contributed by atoms with Gasteiger partial charge in [-0.05, 0) is 98.0 Å². The molecule has 5 aromatic rings. The molecular weight excluding hydrogens is 593 g/mol. The Morgan fingerprint density at radius 2 is 0.830 bits per heavy atom. The molecule has 220 valence electrons. The number of rotatable bonds is 2. The predicted molar refractivity (Wildman–Crippen MR) is 172 cm³/mol. The zero-order valence-electron chi connectivity index (χ0n) is 24.7.